The van der Waals surface area contributed by atoms with E-state index in [1.165, 1.54) is 4.90 Å². The van der Waals surface area contributed by atoms with Crippen molar-refractivity contribution in [1.82, 2.24) is 10.2 Å². The molecule has 0 unspecified atom stereocenters. The van der Waals surface area contributed by atoms with Crippen LogP contribution < -0.4 is 5.32 Å². The van der Waals surface area contributed by atoms with Crippen LogP contribution in [0.2, 0.25) is 0 Å². The van der Waals surface area contributed by atoms with E-state index in [0.29, 0.717) is 0 Å². The Morgan fingerprint density at radius 1 is 1.64 bits per heavy atom. The van der Waals surface area contributed by atoms with Gasteiger partial charge in [-0.3, -0.25) is 9.59 Å². The number of nitrogens with one attached hydrogen (secondary N) is 1. The highest BCUT2D eigenvalue weighted by Crippen LogP contribution is 1.93. The first-order chi connectivity index (χ1) is 5.24. The monoisotopic (exact) mass is 152 g/mol. The van der Waals surface area contributed by atoms with Crippen LogP contribution in [0.25, 0.3) is 0 Å². The third-order valence-electron chi connectivity index (χ3n) is 1.41. The number of carbonyl (C=O) groups is 2. The zero-order valence-electron chi connectivity index (χ0n) is 5.96. The molecule has 0 aromatic rings. The summed E-state index contributed by atoms with van der Waals surface area (Å²) >= 11 is 0. The Balaban J connectivity index is 2.55. The van der Waals surface area contributed by atoms with Gasteiger partial charge in [0.05, 0.1) is 13.1 Å². The minimum atomic E-state index is -0.153. The van der Waals surface area contributed by atoms with Gasteiger partial charge in [-0.1, -0.05) is 5.92 Å². The van der Waals surface area contributed by atoms with E-state index in [-0.39, 0.29) is 31.4 Å². The minimum Gasteiger partial charge on any atom is -0.345 e. The third-order valence-corrected chi connectivity index (χ3v) is 1.41. The van der Waals surface area contributed by atoms with Crippen LogP contribution in [-0.2, 0) is 9.59 Å². The van der Waals surface area contributed by atoms with Crippen LogP contribution in [0.15, 0.2) is 0 Å². The molecule has 0 spiro atoms. The van der Waals surface area contributed by atoms with Crippen LogP contribution in [0.4, 0.5) is 0 Å². The summed E-state index contributed by atoms with van der Waals surface area (Å²) in [5.41, 5.74) is 0. The number of amides is 2. The van der Waals surface area contributed by atoms with E-state index in [4.69, 9.17) is 6.42 Å². The molecule has 0 bridgehead atoms. The molecule has 0 saturated carbocycles. The molecular weight excluding hydrogens is 144 g/mol. The van der Waals surface area contributed by atoms with Gasteiger partial charge < -0.3 is 10.2 Å². The van der Waals surface area contributed by atoms with E-state index in [1.807, 2.05) is 0 Å². The molecule has 1 saturated heterocycles. The summed E-state index contributed by atoms with van der Waals surface area (Å²) in [5, 5.41) is 2.42. The number of rotatable bonds is 1. The molecule has 2 amide bonds. The molecule has 11 heavy (non-hydrogen) atoms. The maximum atomic E-state index is 10.9. The van der Waals surface area contributed by atoms with E-state index < -0.39 is 0 Å². The lowest BCUT2D eigenvalue weighted by atomic mass is 10.3. The quantitative estimate of drug-likeness (QED) is 0.469. The third kappa shape index (κ3) is 1.71. The van der Waals surface area contributed by atoms with Crippen molar-refractivity contribution in [2.45, 2.75) is 0 Å². The van der Waals surface area contributed by atoms with Gasteiger partial charge in [-0.2, -0.15) is 0 Å². The van der Waals surface area contributed by atoms with E-state index >= 15 is 0 Å². The molecular formula is C7H8N2O2. The summed E-state index contributed by atoms with van der Waals surface area (Å²) < 4.78 is 0. The van der Waals surface area contributed by atoms with E-state index in [9.17, 15) is 9.59 Å². The largest absolute Gasteiger partial charge is 0.345 e. The van der Waals surface area contributed by atoms with Crippen molar-refractivity contribution in [2.75, 3.05) is 19.6 Å². The minimum absolute atomic E-state index is 0.0700. The molecule has 0 aromatic heterocycles. The van der Waals surface area contributed by atoms with Gasteiger partial charge in [0.15, 0.2) is 0 Å². The zero-order chi connectivity index (χ0) is 8.27. The van der Waals surface area contributed by atoms with Crippen LogP contribution in [-0.4, -0.2) is 36.3 Å². The van der Waals surface area contributed by atoms with Crippen molar-refractivity contribution in [2.24, 2.45) is 0 Å². The number of hydrogen-bond donors (Lipinski definition) is 1. The molecule has 0 atom stereocenters. The molecule has 0 radical (unpaired) electrons. The molecule has 4 heteroatoms. The van der Waals surface area contributed by atoms with Crippen molar-refractivity contribution in [3.05, 3.63) is 0 Å². The number of piperazine rings is 1. The molecule has 1 heterocycles. The van der Waals surface area contributed by atoms with Crippen LogP contribution in [0.5, 0.6) is 0 Å². The molecule has 1 N–H and O–H groups in total. The second-order valence-electron chi connectivity index (χ2n) is 2.23. The number of hydrogen-bond acceptors (Lipinski definition) is 2. The highest BCUT2D eigenvalue weighted by molar-refractivity contribution is 5.92. The van der Waals surface area contributed by atoms with Gasteiger partial charge in [-0.05, 0) is 0 Å². The molecule has 1 aliphatic heterocycles. The lowest BCUT2D eigenvalue weighted by Crippen LogP contribution is -2.51. The second kappa shape index (κ2) is 3.06. The van der Waals surface area contributed by atoms with Gasteiger partial charge >= 0.3 is 0 Å². The van der Waals surface area contributed by atoms with Gasteiger partial charge in [-0.15, -0.1) is 6.42 Å². The van der Waals surface area contributed by atoms with E-state index in [0.717, 1.165) is 0 Å². The summed E-state index contributed by atoms with van der Waals surface area (Å²) in [6, 6.07) is 0. The number of terminal acetylenes is 1. The van der Waals surface area contributed by atoms with Crippen molar-refractivity contribution >= 4 is 11.8 Å². The smallest absolute Gasteiger partial charge is 0.243 e. The molecule has 4 nitrogen and oxygen atoms in total. The molecule has 0 aromatic carbocycles. The highest BCUT2D eigenvalue weighted by atomic mass is 16.2. The Bertz CT molecular complexity index is 229. The predicted molar refractivity (Wildman–Crippen MR) is 38.4 cm³/mol. The van der Waals surface area contributed by atoms with Crippen molar-refractivity contribution in [1.29, 1.82) is 0 Å². The molecule has 58 valence electrons. The molecule has 1 aliphatic rings. The fourth-order valence-corrected chi connectivity index (χ4v) is 0.858. The van der Waals surface area contributed by atoms with Gasteiger partial charge in [0.2, 0.25) is 11.8 Å². The van der Waals surface area contributed by atoms with Gasteiger partial charge in [0, 0.05) is 0 Å². The Morgan fingerprint density at radius 2 is 2.36 bits per heavy atom. The summed E-state index contributed by atoms with van der Waals surface area (Å²) in [5.74, 6) is 2.04. The maximum absolute atomic E-state index is 10.9. The topological polar surface area (TPSA) is 49.4 Å². The Morgan fingerprint density at radius 3 is 3.00 bits per heavy atom. The van der Waals surface area contributed by atoms with Gasteiger partial charge in [-0.25, -0.2) is 0 Å². The summed E-state index contributed by atoms with van der Waals surface area (Å²) in [4.78, 5) is 23.0. The van der Waals surface area contributed by atoms with Gasteiger partial charge in [0.25, 0.3) is 0 Å². The Kier molecular flexibility index (Phi) is 2.12. The van der Waals surface area contributed by atoms with E-state index in [2.05, 4.69) is 11.2 Å². The number of nitrogens with zero attached hydrogens (tertiary/aromatic N) is 1. The van der Waals surface area contributed by atoms with E-state index in [1.54, 1.807) is 0 Å². The number of carbonyl (C=O) groups excluding carboxylic acids is 2. The fourth-order valence-electron chi connectivity index (χ4n) is 0.858. The standard InChI is InChI=1S/C7H8N2O2/c1-2-3-9-5-6(10)8-4-7(9)11/h1H,3-5H2,(H,8,10). The molecule has 1 fully saturated rings. The average Bonchev–Trinajstić information content (AvgIpc) is 1.98. The van der Waals surface area contributed by atoms with Gasteiger partial charge in [0.1, 0.15) is 6.54 Å². The molecule has 0 aliphatic carbocycles. The lowest BCUT2D eigenvalue weighted by molar-refractivity contribution is -0.139. The highest BCUT2D eigenvalue weighted by Gasteiger charge is 2.21. The van der Waals surface area contributed by atoms with Crippen molar-refractivity contribution in [3.63, 3.8) is 0 Å². The maximum Gasteiger partial charge on any atom is 0.243 e. The first kappa shape index (κ1) is 7.61. The molecule has 1 rings (SSSR count). The summed E-state index contributed by atoms with van der Waals surface area (Å²) in [6.07, 6.45) is 4.99. The fraction of sp³-hybridized carbons (Fsp3) is 0.429. The zero-order valence-corrected chi connectivity index (χ0v) is 5.96. The normalized spacial score (nSPS) is 17.5. The lowest BCUT2D eigenvalue weighted by Gasteiger charge is -2.24. The van der Waals surface area contributed by atoms with Crippen molar-refractivity contribution in [3.8, 4) is 12.3 Å². The van der Waals surface area contributed by atoms with Crippen LogP contribution >= 0.6 is 0 Å². The van der Waals surface area contributed by atoms with Crippen molar-refractivity contribution < 1.29 is 9.59 Å². The van der Waals surface area contributed by atoms with Crippen LogP contribution in [0.3, 0.4) is 0 Å². The van der Waals surface area contributed by atoms with Crippen LogP contribution in [0, 0.1) is 12.3 Å². The first-order valence-electron chi connectivity index (χ1n) is 3.22. The summed E-state index contributed by atoms with van der Waals surface area (Å²) in [6.45, 7) is 0.371. The predicted octanol–water partition coefficient (Wildman–Crippen LogP) is -1.42. The Labute approximate surface area is 64.6 Å². The Hall–Kier alpha value is -1.50. The average molecular weight is 152 g/mol. The second-order valence-corrected chi connectivity index (χ2v) is 2.23. The van der Waals surface area contributed by atoms with Crippen LogP contribution in [0.1, 0.15) is 0 Å². The summed E-state index contributed by atoms with van der Waals surface area (Å²) in [7, 11) is 0. The first-order valence-corrected chi connectivity index (χ1v) is 3.22. The SMILES string of the molecule is C#CCN1CC(=O)NCC1=O.